The molecule has 3 nitrogen and oxygen atoms in total. The number of aryl methyl sites for hydroxylation is 1. The van der Waals surface area contributed by atoms with Crippen LogP contribution in [-0.2, 0) is 13.5 Å². The molecule has 96 valence electrons. The van der Waals surface area contributed by atoms with E-state index in [1.807, 2.05) is 17.9 Å². The van der Waals surface area contributed by atoms with E-state index in [1.54, 1.807) is 0 Å². The molecule has 0 atom stereocenters. The zero-order valence-corrected chi connectivity index (χ0v) is 11.7. The van der Waals surface area contributed by atoms with E-state index in [2.05, 4.69) is 50.3 Å². The summed E-state index contributed by atoms with van der Waals surface area (Å²) >= 11 is 0. The molecular formula is C14H25N3. The number of allylic oxidation sites excluding steroid dienone is 1. The average molecular weight is 235 g/mol. The summed E-state index contributed by atoms with van der Waals surface area (Å²) < 4.78 is 1.85. The maximum atomic E-state index is 4.38. The minimum absolute atomic E-state index is 0.211. The third-order valence-electron chi connectivity index (χ3n) is 2.52. The first-order valence-electron chi connectivity index (χ1n) is 6.26. The summed E-state index contributed by atoms with van der Waals surface area (Å²) in [4.78, 5) is 0. The van der Waals surface area contributed by atoms with E-state index < -0.39 is 0 Å². The van der Waals surface area contributed by atoms with Gasteiger partial charge in [0.25, 0.3) is 0 Å². The predicted octanol–water partition coefficient (Wildman–Crippen LogP) is 2.69. The van der Waals surface area contributed by atoms with Crippen molar-refractivity contribution >= 4 is 0 Å². The summed E-state index contributed by atoms with van der Waals surface area (Å²) in [5, 5.41) is 7.86. The number of nitrogens with one attached hydrogen (secondary N) is 1. The molecule has 0 bridgehead atoms. The molecule has 0 aliphatic heterocycles. The van der Waals surface area contributed by atoms with Crippen LogP contribution in [0.4, 0.5) is 0 Å². The fraction of sp³-hybridized carbons (Fsp3) is 0.643. The molecule has 0 aromatic carbocycles. The highest BCUT2D eigenvalue weighted by molar-refractivity contribution is 5.11. The molecule has 1 rings (SSSR count). The molecule has 1 heterocycles. The van der Waals surface area contributed by atoms with E-state index in [9.17, 15) is 0 Å². The molecule has 0 fully saturated rings. The first-order chi connectivity index (χ1) is 7.87. The summed E-state index contributed by atoms with van der Waals surface area (Å²) in [7, 11) is 1.95. The van der Waals surface area contributed by atoms with Crippen LogP contribution in [0.15, 0.2) is 23.9 Å². The Balaban J connectivity index is 2.30. The Bertz CT molecular complexity index is 369. The monoisotopic (exact) mass is 235 g/mol. The zero-order chi connectivity index (χ0) is 12.9. The number of rotatable bonds is 5. The van der Waals surface area contributed by atoms with Crippen LogP contribution in [0.3, 0.4) is 0 Å². The Hall–Kier alpha value is -1.09. The largest absolute Gasteiger partial charge is 0.312 e. The van der Waals surface area contributed by atoms with Gasteiger partial charge in [0.05, 0.1) is 5.69 Å². The van der Waals surface area contributed by atoms with Crippen LogP contribution in [0, 0.1) is 0 Å². The fourth-order valence-electron chi connectivity index (χ4n) is 1.68. The van der Waals surface area contributed by atoms with Crippen molar-refractivity contribution in [2.24, 2.45) is 7.05 Å². The number of aromatic nitrogens is 2. The van der Waals surface area contributed by atoms with Crippen molar-refractivity contribution in [1.29, 1.82) is 0 Å². The van der Waals surface area contributed by atoms with Gasteiger partial charge in [-0.05, 0) is 46.7 Å². The molecule has 1 aromatic heterocycles. The molecule has 1 N–H and O–H groups in total. The predicted molar refractivity (Wildman–Crippen MR) is 73.0 cm³/mol. The van der Waals surface area contributed by atoms with Crippen LogP contribution >= 0.6 is 0 Å². The number of nitrogens with zero attached hydrogens (tertiary/aromatic N) is 2. The summed E-state index contributed by atoms with van der Waals surface area (Å²) in [5.41, 5.74) is 2.74. The molecule has 0 unspecified atom stereocenters. The lowest BCUT2D eigenvalue weighted by molar-refractivity contribution is 0.431. The van der Waals surface area contributed by atoms with Crippen LogP contribution in [0.1, 0.15) is 39.8 Å². The highest BCUT2D eigenvalue weighted by Gasteiger charge is 2.06. The Kier molecular flexibility index (Phi) is 4.94. The molecule has 1 aromatic rings. The third kappa shape index (κ3) is 6.27. The lowest BCUT2D eigenvalue weighted by Crippen LogP contribution is -2.36. The van der Waals surface area contributed by atoms with Crippen molar-refractivity contribution in [1.82, 2.24) is 15.1 Å². The first-order valence-corrected chi connectivity index (χ1v) is 6.26. The molecule has 0 radical (unpaired) electrons. The van der Waals surface area contributed by atoms with E-state index in [0.717, 1.165) is 25.1 Å². The molecule has 0 aliphatic rings. The maximum Gasteiger partial charge on any atom is 0.0664 e. The van der Waals surface area contributed by atoms with Gasteiger partial charge in [0, 0.05) is 25.2 Å². The van der Waals surface area contributed by atoms with Gasteiger partial charge in [-0.1, -0.05) is 11.6 Å². The molecule has 0 aliphatic carbocycles. The van der Waals surface area contributed by atoms with Gasteiger partial charge in [-0.25, -0.2) is 0 Å². The van der Waals surface area contributed by atoms with Gasteiger partial charge in [-0.15, -0.1) is 0 Å². The second-order valence-electron chi connectivity index (χ2n) is 5.67. The second kappa shape index (κ2) is 6.01. The van der Waals surface area contributed by atoms with Crippen LogP contribution in [0.25, 0.3) is 0 Å². The molecule has 3 heteroatoms. The van der Waals surface area contributed by atoms with Crippen LogP contribution in [0.2, 0.25) is 0 Å². The second-order valence-corrected chi connectivity index (χ2v) is 5.67. The van der Waals surface area contributed by atoms with Crippen molar-refractivity contribution in [2.45, 2.75) is 46.1 Å². The summed E-state index contributed by atoms with van der Waals surface area (Å²) in [6, 6.07) is 2.07. The summed E-state index contributed by atoms with van der Waals surface area (Å²) in [6.07, 6.45) is 6.32. The summed E-state index contributed by atoms with van der Waals surface area (Å²) in [6.45, 7) is 9.78. The van der Waals surface area contributed by atoms with Gasteiger partial charge in [-0.2, -0.15) is 5.10 Å². The van der Waals surface area contributed by atoms with Gasteiger partial charge in [-0.3, -0.25) is 4.68 Å². The zero-order valence-electron chi connectivity index (χ0n) is 11.7. The maximum absolute atomic E-state index is 4.38. The molecule has 0 saturated carbocycles. The van der Waals surface area contributed by atoms with Crippen molar-refractivity contribution < 1.29 is 0 Å². The minimum atomic E-state index is 0.211. The topological polar surface area (TPSA) is 29.9 Å². The Morgan fingerprint density at radius 3 is 2.71 bits per heavy atom. The molecular weight excluding hydrogens is 210 g/mol. The molecule has 0 spiro atoms. The molecule has 17 heavy (non-hydrogen) atoms. The van der Waals surface area contributed by atoms with Gasteiger partial charge in [0.1, 0.15) is 0 Å². The van der Waals surface area contributed by atoms with E-state index in [1.165, 1.54) is 5.57 Å². The lowest BCUT2D eigenvalue weighted by atomic mass is 10.1. The van der Waals surface area contributed by atoms with E-state index in [4.69, 9.17) is 0 Å². The van der Waals surface area contributed by atoms with Crippen molar-refractivity contribution in [3.8, 4) is 0 Å². The SMILES string of the molecule is C/C(=C/CCNC(C)(C)C)Cc1ccn(C)n1. The Morgan fingerprint density at radius 2 is 2.18 bits per heavy atom. The number of hydrogen-bond donors (Lipinski definition) is 1. The number of hydrogen-bond acceptors (Lipinski definition) is 2. The van der Waals surface area contributed by atoms with Crippen molar-refractivity contribution in [3.63, 3.8) is 0 Å². The van der Waals surface area contributed by atoms with Crippen LogP contribution in [-0.4, -0.2) is 21.9 Å². The quantitative estimate of drug-likeness (QED) is 0.628. The van der Waals surface area contributed by atoms with Crippen molar-refractivity contribution in [2.75, 3.05) is 6.54 Å². The van der Waals surface area contributed by atoms with Gasteiger partial charge in [0.15, 0.2) is 0 Å². The molecule has 0 amide bonds. The highest BCUT2D eigenvalue weighted by Crippen LogP contribution is 2.06. The van der Waals surface area contributed by atoms with E-state index >= 15 is 0 Å². The Labute approximate surface area is 105 Å². The van der Waals surface area contributed by atoms with Gasteiger partial charge in [0.2, 0.25) is 0 Å². The van der Waals surface area contributed by atoms with Crippen LogP contribution < -0.4 is 5.32 Å². The fourth-order valence-corrected chi connectivity index (χ4v) is 1.68. The Morgan fingerprint density at radius 1 is 1.47 bits per heavy atom. The van der Waals surface area contributed by atoms with Gasteiger partial charge >= 0.3 is 0 Å². The van der Waals surface area contributed by atoms with Crippen LogP contribution in [0.5, 0.6) is 0 Å². The lowest BCUT2D eigenvalue weighted by Gasteiger charge is -2.19. The first kappa shape index (κ1) is 14.0. The van der Waals surface area contributed by atoms with Gasteiger partial charge < -0.3 is 5.32 Å². The van der Waals surface area contributed by atoms with E-state index in [-0.39, 0.29) is 5.54 Å². The highest BCUT2D eigenvalue weighted by atomic mass is 15.2. The minimum Gasteiger partial charge on any atom is -0.312 e. The third-order valence-corrected chi connectivity index (χ3v) is 2.52. The van der Waals surface area contributed by atoms with E-state index in [0.29, 0.717) is 0 Å². The molecule has 0 saturated heterocycles. The smallest absolute Gasteiger partial charge is 0.0664 e. The standard InChI is InChI=1S/C14H25N3/c1-12(7-6-9-15-14(2,3)4)11-13-8-10-17(5)16-13/h7-8,10,15H,6,9,11H2,1-5H3/b12-7-. The normalized spacial score (nSPS) is 13.1. The average Bonchev–Trinajstić information content (AvgIpc) is 2.57. The summed E-state index contributed by atoms with van der Waals surface area (Å²) in [5.74, 6) is 0. The van der Waals surface area contributed by atoms with Crippen molar-refractivity contribution in [3.05, 3.63) is 29.6 Å².